The van der Waals surface area contributed by atoms with Crippen LogP contribution in [0.15, 0.2) is 0 Å². The lowest BCUT2D eigenvalue weighted by atomic mass is 10.4. The van der Waals surface area contributed by atoms with Gasteiger partial charge in [-0.15, -0.1) is 0 Å². The summed E-state index contributed by atoms with van der Waals surface area (Å²) >= 11 is -1.49. The van der Waals surface area contributed by atoms with E-state index in [0.717, 1.165) is 0 Å². The van der Waals surface area contributed by atoms with E-state index in [4.69, 9.17) is 0 Å². The van der Waals surface area contributed by atoms with E-state index in [1.807, 2.05) is 13.8 Å². The van der Waals surface area contributed by atoms with Gasteiger partial charge in [0.1, 0.15) is 5.75 Å². The molecule has 0 fully saturated rings. The van der Waals surface area contributed by atoms with Gasteiger partial charge in [-0.1, -0.05) is 0 Å². The van der Waals surface area contributed by atoms with Gasteiger partial charge in [0.15, 0.2) is 11.1 Å². The molecule has 5 heteroatoms. The van der Waals surface area contributed by atoms with Crippen molar-refractivity contribution in [3.8, 4) is 0 Å². The molecule has 0 heterocycles. The van der Waals surface area contributed by atoms with Gasteiger partial charge in [0.05, 0.1) is 7.11 Å². The minimum Gasteiger partial charge on any atom is -0.353 e. The van der Waals surface area contributed by atoms with Crippen molar-refractivity contribution < 1.29 is 13.2 Å². The Morgan fingerprint density at radius 3 is 2.55 bits per heavy atom. The highest BCUT2D eigenvalue weighted by molar-refractivity contribution is 7.80. The van der Waals surface area contributed by atoms with Crippen LogP contribution >= 0.6 is 0 Å². The van der Waals surface area contributed by atoms with Crippen molar-refractivity contribution in [2.24, 2.45) is 0 Å². The second-order valence-electron chi connectivity index (χ2n) is 2.34. The lowest BCUT2D eigenvalue weighted by Gasteiger charge is -2.06. The predicted molar refractivity (Wildman–Crippen MR) is 43.3 cm³/mol. The third-order valence-corrected chi connectivity index (χ3v) is 1.75. The normalized spacial score (nSPS) is 13.1. The molecule has 11 heavy (non-hydrogen) atoms. The maximum atomic E-state index is 10.8. The Morgan fingerprint density at radius 1 is 1.64 bits per heavy atom. The molecule has 0 rings (SSSR count). The van der Waals surface area contributed by atoms with Gasteiger partial charge in [-0.2, -0.15) is 0 Å². The molecular formula is C6H13NO3S. The number of hydrogen-bond donors (Lipinski definition) is 1. The van der Waals surface area contributed by atoms with E-state index in [1.54, 1.807) is 0 Å². The second kappa shape index (κ2) is 5.26. The minimum atomic E-state index is -1.49. The Balaban J connectivity index is 3.61. The first-order valence-corrected chi connectivity index (χ1v) is 4.53. The quantitative estimate of drug-likeness (QED) is 0.651. The lowest BCUT2D eigenvalue weighted by molar-refractivity contribution is -0.119. The Kier molecular flexibility index (Phi) is 5.06. The van der Waals surface area contributed by atoms with Crippen LogP contribution in [-0.2, 0) is 20.1 Å². The van der Waals surface area contributed by atoms with Crippen molar-refractivity contribution in [2.75, 3.05) is 12.9 Å². The number of carbonyl (C=O) groups excluding carboxylic acids is 1. The molecule has 1 unspecified atom stereocenters. The van der Waals surface area contributed by atoms with Crippen molar-refractivity contribution >= 4 is 17.0 Å². The summed E-state index contributed by atoms with van der Waals surface area (Å²) in [6.07, 6.45) is 0. The fraction of sp³-hybridized carbons (Fsp3) is 0.833. The van der Waals surface area contributed by atoms with E-state index in [0.29, 0.717) is 0 Å². The van der Waals surface area contributed by atoms with Crippen molar-refractivity contribution in [3.63, 3.8) is 0 Å². The second-order valence-corrected chi connectivity index (χ2v) is 3.57. The smallest absolute Gasteiger partial charge is 0.235 e. The molecule has 0 aromatic carbocycles. The Bertz CT molecular complexity index is 158. The zero-order valence-electron chi connectivity index (χ0n) is 6.92. The average Bonchev–Trinajstić information content (AvgIpc) is 1.85. The predicted octanol–water partition coefficient (Wildman–Crippen LogP) is -0.179. The van der Waals surface area contributed by atoms with E-state index in [9.17, 15) is 9.00 Å². The van der Waals surface area contributed by atoms with Crippen LogP contribution in [0.3, 0.4) is 0 Å². The molecule has 0 aromatic heterocycles. The van der Waals surface area contributed by atoms with Crippen LogP contribution < -0.4 is 5.32 Å². The summed E-state index contributed by atoms with van der Waals surface area (Å²) in [5, 5.41) is 2.60. The van der Waals surface area contributed by atoms with Crippen molar-refractivity contribution in [2.45, 2.75) is 19.9 Å². The van der Waals surface area contributed by atoms with Crippen LogP contribution in [0, 0.1) is 0 Å². The zero-order chi connectivity index (χ0) is 8.85. The maximum Gasteiger partial charge on any atom is 0.235 e. The summed E-state index contributed by atoms with van der Waals surface area (Å²) in [5.74, 6) is -0.338. The molecule has 0 aliphatic rings. The van der Waals surface area contributed by atoms with E-state index >= 15 is 0 Å². The fourth-order valence-corrected chi connectivity index (χ4v) is 0.945. The van der Waals surface area contributed by atoms with Gasteiger partial charge in [0.25, 0.3) is 0 Å². The highest BCUT2D eigenvalue weighted by atomic mass is 32.2. The molecular weight excluding hydrogens is 166 g/mol. The van der Waals surface area contributed by atoms with E-state index in [2.05, 4.69) is 9.50 Å². The number of nitrogens with one attached hydrogen (secondary N) is 1. The number of hydrogen-bond acceptors (Lipinski definition) is 3. The Morgan fingerprint density at radius 2 is 2.18 bits per heavy atom. The zero-order valence-corrected chi connectivity index (χ0v) is 7.73. The van der Waals surface area contributed by atoms with Crippen LogP contribution in [0.2, 0.25) is 0 Å². The molecule has 4 nitrogen and oxygen atoms in total. The number of rotatable bonds is 4. The van der Waals surface area contributed by atoms with Gasteiger partial charge in [-0.3, -0.25) is 8.98 Å². The standard InChI is InChI=1S/C6H13NO3S/c1-5(2)7-6(8)4-11(9)10-3/h5H,4H2,1-3H3,(H,7,8). The summed E-state index contributed by atoms with van der Waals surface area (Å²) in [6.45, 7) is 3.68. The first-order valence-electron chi connectivity index (χ1n) is 3.28. The number of carbonyl (C=O) groups is 1. The van der Waals surface area contributed by atoms with E-state index in [-0.39, 0.29) is 17.7 Å². The van der Waals surface area contributed by atoms with E-state index in [1.165, 1.54) is 7.11 Å². The monoisotopic (exact) mass is 179 g/mol. The molecule has 0 saturated carbocycles. The highest BCUT2D eigenvalue weighted by Crippen LogP contribution is 1.83. The van der Waals surface area contributed by atoms with Crippen LogP contribution in [0.1, 0.15) is 13.8 Å². The average molecular weight is 179 g/mol. The molecule has 0 aliphatic carbocycles. The summed E-state index contributed by atoms with van der Waals surface area (Å²) in [7, 11) is 1.30. The third kappa shape index (κ3) is 6.00. The molecule has 0 aromatic rings. The molecule has 1 amide bonds. The summed E-state index contributed by atoms with van der Waals surface area (Å²) in [5.41, 5.74) is 0. The van der Waals surface area contributed by atoms with Gasteiger partial charge < -0.3 is 5.32 Å². The highest BCUT2D eigenvalue weighted by Gasteiger charge is 2.07. The van der Waals surface area contributed by atoms with E-state index < -0.39 is 11.1 Å². The van der Waals surface area contributed by atoms with Crippen LogP contribution in [0.5, 0.6) is 0 Å². The topological polar surface area (TPSA) is 55.4 Å². The SMILES string of the molecule is COS(=O)CC(=O)NC(C)C. The molecule has 66 valence electrons. The van der Waals surface area contributed by atoms with Gasteiger partial charge >= 0.3 is 0 Å². The minimum absolute atomic E-state index is 0.0800. The van der Waals surface area contributed by atoms with Crippen LogP contribution in [-0.4, -0.2) is 29.0 Å². The van der Waals surface area contributed by atoms with Gasteiger partial charge in [-0.05, 0) is 13.8 Å². The van der Waals surface area contributed by atoms with Crippen LogP contribution in [0.25, 0.3) is 0 Å². The van der Waals surface area contributed by atoms with Gasteiger partial charge in [-0.25, -0.2) is 4.21 Å². The molecule has 0 aliphatic heterocycles. The first-order chi connectivity index (χ1) is 5.06. The third-order valence-electron chi connectivity index (χ3n) is 0.885. The van der Waals surface area contributed by atoms with Crippen LogP contribution in [0.4, 0.5) is 0 Å². The molecule has 0 saturated heterocycles. The van der Waals surface area contributed by atoms with Gasteiger partial charge in [0.2, 0.25) is 5.91 Å². The van der Waals surface area contributed by atoms with Gasteiger partial charge in [0, 0.05) is 6.04 Å². The summed E-state index contributed by atoms with van der Waals surface area (Å²) in [6, 6.07) is 0.0800. The first kappa shape index (κ1) is 10.6. The largest absolute Gasteiger partial charge is 0.353 e. The Labute approximate surface area is 69.0 Å². The van der Waals surface area contributed by atoms with Crippen molar-refractivity contribution in [1.82, 2.24) is 5.32 Å². The lowest BCUT2D eigenvalue weighted by Crippen LogP contribution is -2.33. The molecule has 0 spiro atoms. The van der Waals surface area contributed by atoms with Crippen molar-refractivity contribution in [3.05, 3.63) is 0 Å². The summed E-state index contributed by atoms with van der Waals surface area (Å²) < 4.78 is 15.0. The number of amides is 1. The summed E-state index contributed by atoms with van der Waals surface area (Å²) in [4.78, 5) is 10.8. The Hall–Kier alpha value is -0.420. The fourth-order valence-electron chi connectivity index (χ4n) is 0.530. The molecule has 1 atom stereocenters. The van der Waals surface area contributed by atoms with Crippen molar-refractivity contribution in [1.29, 1.82) is 0 Å². The molecule has 1 N–H and O–H groups in total. The maximum absolute atomic E-state index is 10.8. The molecule has 0 bridgehead atoms. The molecule has 0 radical (unpaired) electrons.